The molecular weight excluding hydrogens is 258 g/mol. The lowest BCUT2D eigenvalue weighted by Crippen LogP contribution is -2.41. The highest BCUT2D eigenvalue weighted by molar-refractivity contribution is 5.86. The van der Waals surface area contributed by atoms with E-state index in [1.54, 1.807) is 6.20 Å². The molecule has 1 aromatic heterocycles. The molecule has 6 heteroatoms. The van der Waals surface area contributed by atoms with Crippen molar-refractivity contribution >= 4 is 23.8 Å². The number of hydrogen-bond acceptors (Lipinski definition) is 4. The number of nitrogens with two attached hydrogens (primary N) is 1. The van der Waals surface area contributed by atoms with E-state index in [1.807, 2.05) is 17.9 Å². The number of nitrogens with zero attached hydrogens (tertiary/aromatic N) is 2. The molecule has 20 heavy (non-hydrogen) atoms. The molecule has 1 fully saturated rings. The first-order valence-electron chi connectivity index (χ1n) is 6.42. The SMILES string of the molecule is Cc1cc(/C=C/C(=O)O)cnc1N1CCCC1C(N)=O. The normalized spacial score (nSPS) is 18.6. The molecule has 1 amide bonds. The average molecular weight is 275 g/mol. The third-order valence-electron chi connectivity index (χ3n) is 3.34. The van der Waals surface area contributed by atoms with Crippen LogP contribution >= 0.6 is 0 Å². The van der Waals surface area contributed by atoms with Crippen LogP contribution in [0.1, 0.15) is 24.0 Å². The van der Waals surface area contributed by atoms with Crippen LogP contribution in [0, 0.1) is 6.92 Å². The summed E-state index contributed by atoms with van der Waals surface area (Å²) in [5.74, 6) is -0.600. The zero-order chi connectivity index (χ0) is 14.7. The van der Waals surface area contributed by atoms with Crippen LogP contribution in [-0.2, 0) is 9.59 Å². The minimum Gasteiger partial charge on any atom is -0.478 e. The molecule has 0 saturated carbocycles. The fraction of sp³-hybridized carbons (Fsp3) is 0.357. The van der Waals surface area contributed by atoms with Crippen LogP contribution in [0.25, 0.3) is 6.08 Å². The van der Waals surface area contributed by atoms with Gasteiger partial charge >= 0.3 is 5.97 Å². The molecule has 2 heterocycles. The van der Waals surface area contributed by atoms with E-state index in [9.17, 15) is 9.59 Å². The van der Waals surface area contributed by atoms with Crippen molar-refractivity contribution in [3.8, 4) is 0 Å². The van der Waals surface area contributed by atoms with E-state index in [0.717, 1.165) is 36.8 Å². The Hall–Kier alpha value is -2.37. The molecule has 0 radical (unpaired) electrons. The first-order valence-corrected chi connectivity index (χ1v) is 6.42. The van der Waals surface area contributed by atoms with E-state index in [1.165, 1.54) is 6.08 Å². The first kappa shape index (κ1) is 14.0. The van der Waals surface area contributed by atoms with Crippen molar-refractivity contribution in [2.75, 3.05) is 11.4 Å². The highest BCUT2D eigenvalue weighted by atomic mass is 16.4. The molecule has 0 aromatic carbocycles. The van der Waals surface area contributed by atoms with Crippen LogP contribution < -0.4 is 10.6 Å². The Morgan fingerprint density at radius 3 is 2.90 bits per heavy atom. The van der Waals surface area contributed by atoms with Crippen molar-refractivity contribution in [1.29, 1.82) is 0 Å². The lowest BCUT2D eigenvalue weighted by Gasteiger charge is -2.24. The quantitative estimate of drug-likeness (QED) is 0.797. The number of aryl methyl sites for hydroxylation is 1. The summed E-state index contributed by atoms with van der Waals surface area (Å²) in [6, 6.07) is 1.54. The highest BCUT2D eigenvalue weighted by Crippen LogP contribution is 2.27. The second-order valence-corrected chi connectivity index (χ2v) is 4.83. The number of carbonyl (C=O) groups excluding carboxylic acids is 1. The van der Waals surface area contributed by atoms with Gasteiger partial charge in [-0.25, -0.2) is 9.78 Å². The molecule has 106 valence electrons. The van der Waals surface area contributed by atoms with Crippen molar-refractivity contribution in [2.24, 2.45) is 5.73 Å². The number of aliphatic carboxylic acids is 1. The maximum absolute atomic E-state index is 11.4. The standard InChI is InChI=1S/C14H17N3O3/c1-9-7-10(4-5-12(18)19)8-16-14(9)17-6-2-3-11(17)13(15)20/h4-5,7-8,11H,2-3,6H2,1H3,(H2,15,20)(H,18,19)/b5-4+. The Morgan fingerprint density at radius 2 is 2.30 bits per heavy atom. The topological polar surface area (TPSA) is 96.5 Å². The van der Waals surface area contributed by atoms with Gasteiger partial charge in [0.05, 0.1) is 0 Å². The number of carboxylic acid groups (broad SMARTS) is 1. The minimum atomic E-state index is -1.000. The van der Waals surface area contributed by atoms with Gasteiger partial charge in [0.1, 0.15) is 11.9 Å². The number of carbonyl (C=O) groups is 2. The van der Waals surface area contributed by atoms with Crippen molar-refractivity contribution < 1.29 is 14.7 Å². The lowest BCUT2D eigenvalue weighted by molar-refractivity contribution is -0.131. The molecule has 1 atom stereocenters. The molecular formula is C14H17N3O3. The summed E-state index contributed by atoms with van der Waals surface area (Å²) >= 11 is 0. The molecule has 0 spiro atoms. The minimum absolute atomic E-state index is 0.304. The average Bonchev–Trinajstić information content (AvgIpc) is 2.85. The highest BCUT2D eigenvalue weighted by Gasteiger charge is 2.30. The molecule has 0 bridgehead atoms. The first-order chi connectivity index (χ1) is 9.49. The summed E-state index contributed by atoms with van der Waals surface area (Å²) in [5, 5.41) is 8.60. The predicted molar refractivity (Wildman–Crippen MR) is 75.2 cm³/mol. The number of anilines is 1. The third kappa shape index (κ3) is 2.96. The molecule has 1 aliphatic rings. The summed E-state index contributed by atoms with van der Waals surface area (Å²) in [4.78, 5) is 28.2. The second kappa shape index (κ2) is 5.73. The fourth-order valence-electron chi connectivity index (χ4n) is 2.46. The predicted octanol–water partition coefficient (Wildman–Crippen LogP) is 0.942. The van der Waals surface area contributed by atoms with E-state index in [4.69, 9.17) is 10.8 Å². The van der Waals surface area contributed by atoms with Gasteiger partial charge in [0, 0.05) is 18.8 Å². The maximum Gasteiger partial charge on any atom is 0.328 e. The van der Waals surface area contributed by atoms with Crippen molar-refractivity contribution in [1.82, 2.24) is 4.98 Å². The summed E-state index contributed by atoms with van der Waals surface area (Å²) in [5.41, 5.74) is 7.01. The lowest BCUT2D eigenvalue weighted by atomic mass is 10.1. The summed E-state index contributed by atoms with van der Waals surface area (Å²) < 4.78 is 0. The van der Waals surface area contributed by atoms with E-state index < -0.39 is 5.97 Å². The Morgan fingerprint density at radius 1 is 1.55 bits per heavy atom. The van der Waals surface area contributed by atoms with Crippen LogP contribution in [0.4, 0.5) is 5.82 Å². The number of amides is 1. The van der Waals surface area contributed by atoms with Gasteiger partial charge in [-0.2, -0.15) is 0 Å². The van der Waals surface area contributed by atoms with Gasteiger partial charge in [-0.1, -0.05) is 0 Å². The van der Waals surface area contributed by atoms with Crippen molar-refractivity contribution in [2.45, 2.75) is 25.8 Å². The molecule has 3 N–H and O–H groups in total. The van der Waals surface area contributed by atoms with Gasteiger partial charge in [-0.05, 0) is 43.0 Å². The Balaban J connectivity index is 2.25. The van der Waals surface area contributed by atoms with Crippen LogP contribution in [0.15, 0.2) is 18.3 Å². The van der Waals surface area contributed by atoms with E-state index in [-0.39, 0.29) is 11.9 Å². The number of pyridine rings is 1. The summed E-state index contributed by atoms with van der Waals surface area (Å²) in [7, 11) is 0. The van der Waals surface area contributed by atoms with Gasteiger partial charge in [0.2, 0.25) is 5.91 Å². The fourth-order valence-corrected chi connectivity index (χ4v) is 2.46. The monoisotopic (exact) mass is 275 g/mol. The van der Waals surface area contributed by atoms with Crippen molar-refractivity contribution in [3.05, 3.63) is 29.5 Å². The third-order valence-corrected chi connectivity index (χ3v) is 3.34. The molecule has 6 nitrogen and oxygen atoms in total. The van der Waals surface area contributed by atoms with Crippen LogP contribution in [0.5, 0.6) is 0 Å². The number of primary amides is 1. The zero-order valence-corrected chi connectivity index (χ0v) is 11.2. The number of rotatable bonds is 4. The van der Waals surface area contributed by atoms with Gasteiger partial charge in [0.25, 0.3) is 0 Å². The molecule has 1 unspecified atom stereocenters. The van der Waals surface area contributed by atoms with E-state index in [2.05, 4.69) is 4.98 Å². The number of carboxylic acids is 1. The van der Waals surface area contributed by atoms with Gasteiger partial charge in [-0.15, -0.1) is 0 Å². The molecule has 1 aliphatic heterocycles. The Kier molecular flexibility index (Phi) is 4.02. The molecule has 1 aromatic rings. The largest absolute Gasteiger partial charge is 0.478 e. The molecule has 2 rings (SSSR count). The number of aromatic nitrogens is 1. The Bertz CT molecular complexity index is 569. The summed E-state index contributed by atoms with van der Waals surface area (Å²) in [6.07, 6.45) is 5.81. The molecule has 0 aliphatic carbocycles. The van der Waals surface area contributed by atoms with E-state index >= 15 is 0 Å². The number of hydrogen-bond donors (Lipinski definition) is 2. The summed E-state index contributed by atoms with van der Waals surface area (Å²) in [6.45, 7) is 2.64. The van der Waals surface area contributed by atoms with Gasteiger partial charge in [0.15, 0.2) is 0 Å². The smallest absolute Gasteiger partial charge is 0.328 e. The van der Waals surface area contributed by atoms with Gasteiger partial charge in [-0.3, -0.25) is 4.79 Å². The maximum atomic E-state index is 11.4. The van der Waals surface area contributed by atoms with E-state index in [0.29, 0.717) is 5.56 Å². The molecule has 1 saturated heterocycles. The van der Waals surface area contributed by atoms with Crippen LogP contribution in [0.3, 0.4) is 0 Å². The van der Waals surface area contributed by atoms with Gasteiger partial charge < -0.3 is 15.7 Å². The van der Waals surface area contributed by atoms with Crippen molar-refractivity contribution in [3.63, 3.8) is 0 Å². The van der Waals surface area contributed by atoms with Crippen LogP contribution in [-0.4, -0.2) is 34.6 Å². The second-order valence-electron chi connectivity index (χ2n) is 4.83. The zero-order valence-electron chi connectivity index (χ0n) is 11.2. The van der Waals surface area contributed by atoms with Crippen LogP contribution in [0.2, 0.25) is 0 Å². The Labute approximate surface area is 116 Å².